The van der Waals surface area contributed by atoms with E-state index in [0.717, 1.165) is 6.07 Å². The zero-order chi connectivity index (χ0) is 22.2. The molecule has 0 aliphatic rings. The monoisotopic (exact) mass is 467 g/mol. The van der Waals surface area contributed by atoms with Crippen LogP contribution in [0.3, 0.4) is 0 Å². The van der Waals surface area contributed by atoms with Gasteiger partial charge in [-0.15, -0.1) is 0 Å². The Balaban J connectivity index is 2.43. The smallest absolute Gasteiger partial charge is 0.344 e. The predicted molar refractivity (Wildman–Crippen MR) is 118 cm³/mol. The number of hydrogen-bond acceptors (Lipinski definition) is 3. The molecule has 1 heterocycles. The van der Waals surface area contributed by atoms with E-state index in [1.165, 1.54) is 12.1 Å². The summed E-state index contributed by atoms with van der Waals surface area (Å²) in [5, 5.41) is 0.797. The van der Waals surface area contributed by atoms with Crippen molar-refractivity contribution in [2.45, 2.75) is 13.8 Å². The third kappa shape index (κ3) is 3.97. The molecule has 2 aromatic carbocycles. The van der Waals surface area contributed by atoms with Crippen molar-refractivity contribution in [2.24, 2.45) is 7.05 Å². The third-order valence-corrected chi connectivity index (χ3v) is 5.74. The number of halogens is 4. The van der Waals surface area contributed by atoms with Gasteiger partial charge in [0.15, 0.2) is 0 Å². The van der Waals surface area contributed by atoms with Gasteiger partial charge in [0.2, 0.25) is 5.43 Å². The summed E-state index contributed by atoms with van der Waals surface area (Å²) in [6.45, 7) is 3.37. The van der Waals surface area contributed by atoms with E-state index < -0.39 is 17.2 Å². The second kappa shape index (κ2) is 8.80. The second-order valence-electron chi connectivity index (χ2n) is 6.55. The zero-order valence-electron chi connectivity index (χ0n) is 16.4. The molecule has 8 heteroatoms. The Morgan fingerprint density at radius 2 is 1.80 bits per heavy atom. The van der Waals surface area contributed by atoms with Crippen LogP contribution in [0.25, 0.3) is 22.4 Å². The Morgan fingerprint density at radius 3 is 2.40 bits per heavy atom. The first kappa shape index (κ1) is 22.3. The highest BCUT2D eigenvalue weighted by atomic mass is 35.5. The van der Waals surface area contributed by atoms with E-state index in [0.29, 0.717) is 22.0 Å². The lowest BCUT2D eigenvalue weighted by atomic mass is 9.96. The van der Waals surface area contributed by atoms with Crippen LogP contribution in [0.15, 0.2) is 41.2 Å². The molecule has 4 nitrogen and oxygen atoms in total. The first-order valence-corrected chi connectivity index (χ1v) is 10.1. The second-order valence-corrected chi connectivity index (χ2v) is 7.80. The Bertz CT molecular complexity index is 1220. The maximum atomic E-state index is 14.6. The van der Waals surface area contributed by atoms with Crippen molar-refractivity contribution < 1.29 is 13.9 Å². The highest BCUT2D eigenvalue weighted by Gasteiger charge is 2.27. The number of benzene rings is 2. The minimum atomic E-state index is -0.810. The molecule has 0 spiro atoms. The molecule has 0 atom stereocenters. The molecular formula is C22H17Cl3FNO3. The average Bonchev–Trinajstić information content (AvgIpc) is 2.68. The fraction of sp³-hybridized carbons (Fsp3) is 0.182. The first-order valence-electron chi connectivity index (χ1n) is 8.98. The van der Waals surface area contributed by atoms with Crippen LogP contribution in [0.5, 0.6) is 0 Å². The standard InChI is InChI=1S/C22H17Cl3FNO3/c1-4-30-22(29)19-20(12-5-8-15(24)16(25)9-12)27(3)11(2)18(21(19)28)14-7-6-13(23)10-17(14)26/h5-10H,4H2,1-3H3. The van der Waals surface area contributed by atoms with Gasteiger partial charge in [0.05, 0.1) is 27.9 Å². The van der Waals surface area contributed by atoms with Crippen LogP contribution < -0.4 is 5.43 Å². The van der Waals surface area contributed by atoms with Gasteiger partial charge in [0.25, 0.3) is 0 Å². The minimum Gasteiger partial charge on any atom is -0.462 e. The molecule has 0 fully saturated rings. The molecule has 0 saturated heterocycles. The highest BCUT2D eigenvalue weighted by molar-refractivity contribution is 6.42. The molecule has 0 unspecified atom stereocenters. The van der Waals surface area contributed by atoms with Crippen LogP contribution >= 0.6 is 34.8 Å². The number of ether oxygens (including phenoxy) is 1. The molecular weight excluding hydrogens is 452 g/mol. The van der Waals surface area contributed by atoms with Crippen LogP contribution in [0.2, 0.25) is 15.1 Å². The topological polar surface area (TPSA) is 48.3 Å². The van der Waals surface area contributed by atoms with Gasteiger partial charge in [0.1, 0.15) is 11.4 Å². The maximum absolute atomic E-state index is 14.6. The summed E-state index contributed by atoms with van der Waals surface area (Å²) in [5.74, 6) is -1.48. The number of esters is 1. The van der Waals surface area contributed by atoms with E-state index in [9.17, 15) is 14.0 Å². The molecule has 3 aromatic rings. The summed E-state index contributed by atoms with van der Waals surface area (Å²) < 4.78 is 21.4. The van der Waals surface area contributed by atoms with Crippen molar-refractivity contribution in [3.63, 3.8) is 0 Å². The summed E-state index contributed by atoms with van der Waals surface area (Å²) in [7, 11) is 1.67. The number of carbonyl (C=O) groups is 1. The van der Waals surface area contributed by atoms with E-state index in [2.05, 4.69) is 0 Å². The normalized spacial score (nSPS) is 10.9. The van der Waals surface area contributed by atoms with Crippen molar-refractivity contribution >= 4 is 40.8 Å². The molecule has 1 aromatic heterocycles. The zero-order valence-corrected chi connectivity index (χ0v) is 18.6. The van der Waals surface area contributed by atoms with Crippen LogP contribution in [0.1, 0.15) is 23.0 Å². The largest absolute Gasteiger partial charge is 0.462 e. The van der Waals surface area contributed by atoms with Gasteiger partial charge in [-0.3, -0.25) is 4.79 Å². The SMILES string of the molecule is CCOC(=O)c1c(-c2ccc(Cl)c(Cl)c2)n(C)c(C)c(-c2ccc(Cl)cc2F)c1=O. The van der Waals surface area contributed by atoms with E-state index in [-0.39, 0.29) is 33.3 Å². The van der Waals surface area contributed by atoms with Crippen molar-refractivity contribution in [2.75, 3.05) is 6.61 Å². The predicted octanol–water partition coefficient (Wildman–Crippen LogP) is 6.30. The van der Waals surface area contributed by atoms with Gasteiger partial charge in [-0.05, 0) is 44.2 Å². The summed E-state index contributed by atoms with van der Waals surface area (Å²) in [6, 6.07) is 8.79. The highest BCUT2D eigenvalue weighted by Crippen LogP contribution is 2.33. The average molecular weight is 469 g/mol. The first-order chi connectivity index (χ1) is 14.2. The number of carbonyl (C=O) groups excluding carboxylic acids is 1. The Labute approximate surface area is 187 Å². The van der Waals surface area contributed by atoms with Crippen molar-refractivity contribution in [3.05, 3.63) is 78.8 Å². The van der Waals surface area contributed by atoms with E-state index >= 15 is 0 Å². The number of hydrogen-bond donors (Lipinski definition) is 0. The fourth-order valence-electron chi connectivity index (χ4n) is 3.28. The van der Waals surface area contributed by atoms with E-state index in [1.807, 2.05) is 0 Å². The lowest BCUT2D eigenvalue weighted by molar-refractivity contribution is 0.0525. The Kier molecular flexibility index (Phi) is 6.56. The van der Waals surface area contributed by atoms with Crippen LogP contribution in [0, 0.1) is 12.7 Å². The molecule has 156 valence electrons. The molecule has 0 aliphatic carbocycles. The Hall–Kier alpha value is -2.34. The van der Waals surface area contributed by atoms with E-state index in [1.54, 1.807) is 43.7 Å². The third-order valence-electron chi connectivity index (χ3n) is 4.76. The molecule has 3 rings (SSSR count). The molecule has 30 heavy (non-hydrogen) atoms. The lowest BCUT2D eigenvalue weighted by Crippen LogP contribution is -2.26. The number of rotatable bonds is 4. The molecule has 0 N–H and O–H groups in total. The van der Waals surface area contributed by atoms with E-state index in [4.69, 9.17) is 39.5 Å². The van der Waals surface area contributed by atoms with Crippen LogP contribution in [-0.2, 0) is 11.8 Å². The van der Waals surface area contributed by atoms with Crippen LogP contribution in [-0.4, -0.2) is 17.1 Å². The Morgan fingerprint density at radius 1 is 1.10 bits per heavy atom. The summed E-state index contributed by atoms with van der Waals surface area (Å²) >= 11 is 18.0. The molecule has 0 bridgehead atoms. The number of pyridine rings is 1. The molecule has 0 radical (unpaired) electrons. The van der Waals surface area contributed by atoms with Gasteiger partial charge in [-0.1, -0.05) is 40.9 Å². The van der Waals surface area contributed by atoms with Gasteiger partial charge >= 0.3 is 5.97 Å². The fourth-order valence-corrected chi connectivity index (χ4v) is 3.74. The van der Waals surface area contributed by atoms with Gasteiger partial charge in [-0.25, -0.2) is 9.18 Å². The number of nitrogens with zero attached hydrogens (tertiary/aromatic N) is 1. The van der Waals surface area contributed by atoms with Crippen molar-refractivity contribution in [3.8, 4) is 22.4 Å². The molecule has 0 amide bonds. The van der Waals surface area contributed by atoms with Gasteiger partial charge < -0.3 is 9.30 Å². The maximum Gasteiger partial charge on any atom is 0.344 e. The number of aromatic nitrogens is 1. The quantitative estimate of drug-likeness (QED) is 0.422. The van der Waals surface area contributed by atoms with Crippen molar-refractivity contribution in [1.29, 1.82) is 0 Å². The summed E-state index contributed by atoms with van der Waals surface area (Å²) in [4.78, 5) is 26.3. The van der Waals surface area contributed by atoms with Gasteiger partial charge in [0, 0.05) is 28.9 Å². The van der Waals surface area contributed by atoms with Crippen molar-refractivity contribution in [1.82, 2.24) is 4.57 Å². The van der Waals surface area contributed by atoms with Crippen LogP contribution in [0.4, 0.5) is 4.39 Å². The lowest BCUT2D eigenvalue weighted by Gasteiger charge is -2.20. The molecule has 0 saturated carbocycles. The molecule has 0 aliphatic heterocycles. The van der Waals surface area contributed by atoms with Gasteiger partial charge in [-0.2, -0.15) is 0 Å². The minimum absolute atomic E-state index is 0.0451. The summed E-state index contributed by atoms with van der Waals surface area (Å²) in [5.41, 5.74) is 0.488. The summed E-state index contributed by atoms with van der Waals surface area (Å²) in [6.07, 6.45) is 0.